The normalized spacial score (nSPS) is 15.7. The molecule has 1 saturated heterocycles. The van der Waals surface area contributed by atoms with Gasteiger partial charge in [-0.3, -0.25) is 43.5 Å². The van der Waals surface area contributed by atoms with Gasteiger partial charge in [0.25, 0.3) is 0 Å². The second kappa shape index (κ2) is 32.3. The number of hydrogen-bond acceptors (Lipinski definition) is 14. The van der Waals surface area contributed by atoms with E-state index in [4.69, 9.17) is 16.2 Å². The minimum atomic E-state index is -1.21. The van der Waals surface area contributed by atoms with Crippen LogP contribution in [0.25, 0.3) is 0 Å². The Morgan fingerprint density at radius 1 is 0.805 bits per heavy atom. The lowest BCUT2D eigenvalue weighted by molar-refractivity contribution is -0.147. The third-order valence-electron chi connectivity index (χ3n) is 14.8. The molecule has 1 fully saturated rings. The highest BCUT2D eigenvalue weighted by molar-refractivity contribution is 5.98. The number of imidazole rings is 1. The number of aromatic hydroxyl groups is 1. The van der Waals surface area contributed by atoms with E-state index in [1.54, 1.807) is 81.4 Å². The molecule has 3 aromatic carbocycles. The van der Waals surface area contributed by atoms with Crippen LogP contribution >= 0.6 is 0 Å². The number of hydrogen-bond donors (Lipinski definition) is 8. The number of nitrogens with zero attached hydrogens (tertiary/aromatic N) is 4. The third kappa shape index (κ3) is 20.4. The molecule has 4 amide bonds. The molecule has 442 valence electrons. The van der Waals surface area contributed by atoms with Crippen LogP contribution in [0.4, 0.5) is 0 Å². The van der Waals surface area contributed by atoms with Gasteiger partial charge in [-0.25, -0.2) is 9.78 Å². The Morgan fingerprint density at radius 3 is 2.07 bits per heavy atom. The Balaban J connectivity index is 1.32. The molecule has 0 aliphatic carbocycles. The second-order valence-electron chi connectivity index (χ2n) is 21.7. The molecule has 21 nitrogen and oxygen atoms in total. The molecular formula is C61H83N11O10. The zero-order valence-electron chi connectivity index (χ0n) is 48.1. The molecule has 0 saturated carbocycles. The summed E-state index contributed by atoms with van der Waals surface area (Å²) in [5.74, 6) is -6.59. The van der Waals surface area contributed by atoms with Crippen molar-refractivity contribution in [1.29, 1.82) is 0 Å². The largest absolute Gasteiger partial charge is 0.508 e. The van der Waals surface area contributed by atoms with E-state index in [1.165, 1.54) is 23.4 Å². The molecule has 0 bridgehead atoms. The number of guanidine groups is 1. The van der Waals surface area contributed by atoms with Crippen molar-refractivity contribution in [2.24, 2.45) is 40.1 Å². The number of aromatic nitrogens is 2. The number of ether oxygens (including phenoxy) is 1. The zero-order valence-corrected chi connectivity index (χ0v) is 48.1. The molecular weight excluding hydrogens is 1050 g/mol. The number of carbonyl (C=O) groups excluding carboxylic acids is 8. The van der Waals surface area contributed by atoms with Crippen molar-refractivity contribution >= 4 is 52.9 Å². The average molecular weight is 1130 g/mol. The standard InChI is InChI=1S/C61H83N11O10/c1-8-39(4)48(58(79)70-51(30-45-33-64-37-66-45)59(80)72-28-16-22-52(72)40(5)67-41(6)60(81)82-36-43-17-11-9-12-18-43)32-54(75)50(29-42-23-25-46(73)26-24-42)69-57(78)47(38(2)3)31-53(74)49(21-15-27-65-61(62)63)68-56(77)35-71(7)34-55(76)44-19-13-10-14-20-44/h9-14,17-20,23-26,33,37-39,41,47-52,67,73H,5,8,15-16,21-22,27-32,34-36H2,1-4,6-7H3,(H,64,66)(H,68,77)(H,69,78)(H,70,79)(H4,62,63,65)/t39?,41-,47+,48+,49+,50+,51+,52+/m1/s1. The van der Waals surface area contributed by atoms with Crippen LogP contribution in [0.1, 0.15) is 107 Å². The van der Waals surface area contributed by atoms with E-state index in [-0.39, 0.29) is 81.8 Å². The van der Waals surface area contributed by atoms with Crippen molar-refractivity contribution in [2.75, 3.05) is 33.2 Å². The molecule has 4 aromatic rings. The number of phenolic OH excluding ortho intramolecular Hbond substituents is 1. The summed E-state index contributed by atoms with van der Waals surface area (Å²) in [7, 11) is 1.61. The number of rotatable bonds is 34. The van der Waals surface area contributed by atoms with Crippen LogP contribution in [-0.4, -0.2) is 141 Å². The second-order valence-corrected chi connectivity index (χ2v) is 21.7. The number of aromatic amines is 1. The van der Waals surface area contributed by atoms with E-state index in [2.05, 4.69) is 42.8 Å². The van der Waals surface area contributed by atoms with Crippen LogP contribution in [0.5, 0.6) is 5.75 Å². The van der Waals surface area contributed by atoms with Gasteiger partial charge in [-0.1, -0.05) is 113 Å². The van der Waals surface area contributed by atoms with Crippen LogP contribution < -0.4 is 32.7 Å². The summed E-state index contributed by atoms with van der Waals surface area (Å²) in [5, 5.41) is 22.0. The fourth-order valence-electron chi connectivity index (χ4n) is 9.87. The quantitative estimate of drug-likeness (QED) is 0.0106. The summed E-state index contributed by atoms with van der Waals surface area (Å²) in [4.78, 5) is 127. The van der Waals surface area contributed by atoms with Gasteiger partial charge >= 0.3 is 5.97 Å². The van der Waals surface area contributed by atoms with Crippen LogP contribution in [0, 0.1) is 23.7 Å². The topological polar surface area (TPSA) is 314 Å². The van der Waals surface area contributed by atoms with Gasteiger partial charge in [-0.05, 0) is 81.2 Å². The van der Waals surface area contributed by atoms with Gasteiger partial charge in [0.15, 0.2) is 23.3 Å². The number of amides is 4. The Bertz CT molecular complexity index is 2790. The van der Waals surface area contributed by atoms with E-state index in [0.717, 1.165) is 5.56 Å². The van der Waals surface area contributed by atoms with E-state index in [0.29, 0.717) is 54.7 Å². The van der Waals surface area contributed by atoms with Crippen LogP contribution in [0.15, 0.2) is 115 Å². The number of carbonyl (C=O) groups is 8. The summed E-state index contributed by atoms with van der Waals surface area (Å²) in [5.41, 5.74) is 14.0. The van der Waals surface area contributed by atoms with E-state index in [1.807, 2.05) is 44.2 Å². The van der Waals surface area contributed by atoms with Crippen molar-refractivity contribution in [3.8, 4) is 5.75 Å². The average Bonchev–Trinajstić information content (AvgIpc) is 4.25. The van der Waals surface area contributed by atoms with Gasteiger partial charge in [0.2, 0.25) is 23.6 Å². The summed E-state index contributed by atoms with van der Waals surface area (Å²) >= 11 is 0. The number of nitrogens with one attached hydrogen (secondary N) is 5. The fraction of sp³-hybridized carbons (Fsp3) is 0.475. The van der Waals surface area contributed by atoms with E-state index in [9.17, 15) is 43.5 Å². The van der Waals surface area contributed by atoms with Gasteiger partial charge in [0, 0.05) is 67.3 Å². The molecule has 0 radical (unpaired) electrons. The summed E-state index contributed by atoms with van der Waals surface area (Å²) < 4.78 is 5.54. The molecule has 2 heterocycles. The highest BCUT2D eigenvalue weighted by Crippen LogP contribution is 2.27. The first-order chi connectivity index (χ1) is 39.1. The minimum Gasteiger partial charge on any atom is -0.508 e. The Morgan fingerprint density at radius 2 is 1.44 bits per heavy atom. The number of esters is 1. The smallest absolute Gasteiger partial charge is 0.328 e. The lowest BCUT2D eigenvalue weighted by Crippen LogP contribution is -2.54. The zero-order chi connectivity index (χ0) is 59.9. The summed E-state index contributed by atoms with van der Waals surface area (Å²) in [6.07, 6.45) is 4.50. The van der Waals surface area contributed by atoms with Crippen molar-refractivity contribution < 1.29 is 48.2 Å². The fourth-order valence-corrected chi connectivity index (χ4v) is 9.87. The maximum absolute atomic E-state index is 14.9. The van der Waals surface area contributed by atoms with Gasteiger partial charge in [0.05, 0.1) is 37.5 Å². The molecule has 0 spiro atoms. The first-order valence-corrected chi connectivity index (χ1v) is 28.1. The monoisotopic (exact) mass is 1130 g/mol. The number of ketones is 3. The van der Waals surface area contributed by atoms with Gasteiger partial charge in [-0.2, -0.15) is 0 Å². The first kappa shape index (κ1) is 64.6. The summed E-state index contributed by atoms with van der Waals surface area (Å²) in [6, 6.07) is 19.4. The molecule has 82 heavy (non-hydrogen) atoms. The minimum absolute atomic E-state index is 0.0105. The maximum Gasteiger partial charge on any atom is 0.328 e. The lowest BCUT2D eigenvalue weighted by Gasteiger charge is -2.32. The predicted molar refractivity (Wildman–Crippen MR) is 311 cm³/mol. The number of Topliss-reactive ketones (excluding diaryl/α,β-unsaturated/α-hetero) is 3. The lowest BCUT2D eigenvalue weighted by atomic mass is 9.83. The molecule has 8 atom stereocenters. The summed E-state index contributed by atoms with van der Waals surface area (Å²) in [6.45, 7) is 13.5. The number of H-pyrrole nitrogens is 1. The van der Waals surface area contributed by atoms with Crippen LogP contribution in [-0.2, 0) is 57.7 Å². The molecule has 1 aliphatic rings. The maximum atomic E-state index is 14.9. The highest BCUT2D eigenvalue weighted by Gasteiger charge is 2.39. The number of aliphatic imine (C=N–C) groups is 1. The van der Waals surface area contributed by atoms with Crippen molar-refractivity contribution in [3.63, 3.8) is 0 Å². The first-order valence-electron chi connectivity index (χ1n) is 28.1. The molecule has 10 N–H and O–H groups in total. The SMILES string of the molecule is C=C(N[C@H](C)C(=O)OCc1ccccc1)[C@@H]1CCCN1C(=O)[C@H](Cc1cnc[nH]1)NC(=O)[C@@H](CC(=O)[C@H](Cc1ccc(O)cc1)NC(=O)[C@@H](CC(=O)[C@H](CCCN=C(N)N)NC(=O)CN(C)CC(=O)c1ccccc1)C(C)C)C(C)CC. The molecule has 5 rings (SSSR count). The van der Waals surface area contributed by atoms with Gasteiger partial charge < -0.3 is 52.5 Å². The van der Waals surface area contributed by atoms with Crippen LogP contribution in [0.3, 0.4) is 0 Å². The van der Waals surface area contributed by atoms with E-state index >= 15 is 0 Å². The van der Waals surface area contributed by atoms with Gasteiger partial charge in [-0.15, -0.1) is 0 Å². The number of benzene rings is 3. The Labute approximate surface area is 480 Å². The highest BCUT2D eigenvalue weighted by atomic mass is 16.5. The number of likely N-dealkylation sites (N-methyl/N-ethyl adjacent to an activating group) is 1. The van der Waals surface area contributed by atoms with Crippen molar-refractivity contribution in [2.45, 2.75) is 129 Å². The predicted octanol–water partition coefficient (Wildman–Crippen LogP) is 4.30. The third-order valence-corrected chi connectivity index (χ3v) is 14.8. The molecule has 1 unspecified atom stereocenters. The number of likely N-dealkylation sites (tertiary alicyclic amines) is 1. The molecule has 1 aliphatic heterocycles. The number of phenols is 1. The van der Waals surface area contributed by atoms with Crippen LogP contribution in [0.2, 0.25) is 0 Å². The Kier molecular flexibility index (Phi) is 25.5. The molecule has 21 heteroatoms. The van der Waals surface area contributed by atoms with Crippen molar-refractivity contribution in [1.82, 2.24) is 41.0 Å². The van der Waals surface area contributed by atoms with E-state index < -0.39 is 89.1 Å². The molecule has 1 aromatic heterocycles. The van der Waals surface area contributed by atoms with Crippen molar-refractivity contribution in [3.05, 3.63) is 132 Å². The van der Waals surface area contributed by atoms with Gasteiger partial charge in [0.1, 0.15) is 24.4 Å². The number of nitrogens with two attached hydrogens (primary N) is 2. The Hall–Kier alpha value is -8.20.